The Bertz CT molecular complexity index is 798. The van der Waals surface area contributed by atoms with E-state index in [1.54, 1.807) is 11.8 Å². The molecule has 144 valence electrons. The number of ether oxygens (including phenoxy) is 1. The Hall–Kier alpha value is -2.25. The molecule has 0 N–H and O–H groups in total. The van der Waals surface area contributed by atoms with Crippen LogP contribution in [0.15, 0.2) is 30.6 Å². The highest BCUT2D eigenvalue weighted by molar-refractivity contribution is 5.92. The van der Waals surface area contributed by atoms with Crippen LogP contribution in [0.5, 0.6) is 0 Å². The van der Waals surface area contributed by atoms with Gasteiger partial charge in [-0.1, -0.05) is 0 Å². The Morgan fingerprint density at radius 3 is 2.52 bits per heavy atom. The summed E-state index contributed by atoms with van der Waals surface area (Å²) in [5.41, 5.74) is 2.80. The molecule has 27 heavy (non-hydrogen) atoms. The molecule has 2 aromatic heterocycles. The van der Waals surface area contributed by atoms with Crippen molar-refractivity contribution >= 4 is 5.91 Å². The highest BCUT2D eigenvalue weighted by Gasteiger charge is 2.44. The number of amides is 1. The standard InChI is InChI=1S/C20H27N5O2/c1-14-12-17(23(2)22-14)20(26)24-10-6-16(7-11-24)25-13-18(27-3)19(25)15-4-8-21-9-5-15/h4-5,8-9,12,16,18-19H,6-7,10-11,13H2,1-3H3. The molecule has 4 rings (SSSR count). The molecule has 7 heteroatoms. The third-order valence-corrected chi connectivity index (χ3v) is 5.89. The van der Waals surface area contributed by atoms with E-state index in [-0.39, 0.29) is 18.1 Å². The first kappa shape index (κ1) is 18.1. The Labute approximate surface area is 159 Å². The summed E-state index contributed by atoms with van der Waals surface area (Å²) in [6.07, 6.45) is 5.89. The quantitative estimate of drug-likeness (QED) is 0.822. The smallest absolute Gasteiger partial charge is 0.272 e. The first-order valence-corrected chi connectivity index (χ1v) is 9.57. The molecular weight excluding hydrogens is 342 g/mol. The Morgan fingerprint density at radius 2 is 1.93 bits per heavy atom. The summed E-state index contributed by atoms with van der Waals surface area (Å²) in [7, 11) is 3.62. The molecule has 1 amide bonds. The van der Waals surface area contributed by atoms with Crippen LogP contribution >= 0.6 is 0 Å². The van der Waals surface area contributed by atoms with Crippen LogP contribution in [0.3, 0.4) is 0 Å². The van der Waals surface area contributed by atoms with E-state index in [0.29, 0.717) is 11.7 Å². The number of methoxy groups -OCH3 is 1. The van der Waals surface area contributed by atoms with Crippen molar-refractivity contribution in [3.63, 3.8) is 0 Å². The van der Waals surface area contributed by atoms with Gasteiger partial charge in [0.15, 0.2) is 0 Å². The number of carbonyl (C=O) groups excluding carboxylic acids is 1. The van der Waals surface area contributed by atoms with Crippen LogP contribution < -0.4 is 0 Å². The lowest BCUT2D eigenvalue weighted by Crippen LogP contribution is -2.60. The summed E-state index contributed by atoms with van der Waals surface area (Å²) in [5, 5.41) is 4.30. The monoisotopic (exact) mass is 369 g/mol. The predicted octanol–water partition coefficient (Wildman–Crippen LogP) is 1.80. The number of hydrogen-bond acceptors (Lipinski definition) is 5. The predicted molar refractivity (Wildman–Crippen MR) is 101 cm³/mol. The van der Waals surface area contributed by atoms with Gasteiger partial charge in [0.25, 0.3) is 5.91 Å². The molecule has 0 aliphatic carbocycles. The van der Waals surface area contributed by atoms with Crippen molar-refractivity contribution in [1.29, 1.82) is 0 Å². The van der Waals surface area contributed by atoms with Gasteiger partial charge in [-0.2, -0.15) is 5.10 Å². The molecular formula is C20H27N5O2. The van der Waals surface area contributed by atoms with Crippen LogP contribution in [-0.2, 0) is 11.8 Å². The fourth-order valence-electron chi connectivity index (χ4n) is 4.42. The van der Waals surface area contributed by atoms with Crippen LogP contribution in [0.1, 0.15) is 40.6 Å². The number of pyridine rings is 1. The summed E-state index contributed by atoms with van der Waals surface area (Å²) in [5.74, 6) is 0.0839. The number of carbonyl (C=O) groups is 1. The minimum absolute atomic E-state index is 0.0839. The number of aryl methyl sites for hydroxylation is 2. The topological polar surface area (TPSA) is 63.5 Å². The fourth-order valence-corrected chi connectivity index (χ4v) is 4.42. The molecule has 2 unspecified atom stereocenters. The summed E-state index contributed by atoms with van der Waals surface area (Å²) in [6, 6.07) is 6.78. The van der Waals surface area contributed by atoms with Gasteiger partial charge < -0.3 is 9.64 Å². The number of hydrogen-bond donors (Lipinski definition) is 0. The molecule has 0 aromatic carbocycles. The Morgan fingerprint density at radius 1 is 1.22 bits per heavy atom. The third kappa shape index (κ3) is 3.37. The molecule has 2 fully saturated rings. The van der Waals surface area contributed by atoms with E-state index in [9.17, 15) is 4.79 Å². The maximum absolute atomic E-state index is 12.8. The molecule has 4 heterocycles. The van der Waals surface area contributed by atoms with Gasteiger partial charge in [0, 0.05) is 52.2 Å². The maximum Gasteiger partial charge on any atom is 0.272 e. The van der Waals surface area contributed by atoms with E-state index in [4.69, 9.17) is 4.74 Å². The van der Waals surface area contributed by atoms with E-state index < -0.39 is 0 Å². The van der Waals surface area contributed by atoms with Crippen molar-refractivity contribution in [3.8, 4) is 0 Å². The second kappa shape index (κ2) is 7.40. The lowest BCUT2D eigenvalue weighted by atomic mass is 9.87. The van der Waals surface area contributed by atoms with Crippen molar-refractivity contribution in [1.82, 2.24) is 24.6 Å². The van der Waals surface area contributed by atoms with Crippen molar-refractivity contribution in [2.45, 2.75) is 38.0 Å². The first-order chi connectivity index (χ1) is 13.1. The van der Waals surface area contributed by atoms with E-state index in [1.807, 2.05) is 37.3 Å². The lowest BCUT2D eigenvalue weighted by molar-refractivity contribution is -0.115. The van der Waals surface area contributed by atoms with E-state index in [1.165, 1.54) is 5.56 Å². The van der Waals surface area contributed by atoms with Gasteiger partial charge in [0.2, 0.25) is 0 Å². The SMILES string of the molecule is COC1CN(C2CCN(C(=O)c3cc(C)nn3C)CC2)C1c1ccncc1. The van der Waals surface area contributed by atoms with Crippen molar-refractivity contribution in [2.75, 3.05) is 26.7 Å². The van der Waals surface area contributed by atoms with Crippen LogP contribution in [0.4, 0.5) is 0 Å². The minimum Gasteiger partial charge on any atom is -0.378 e. The third-order valence-electron chi connectivity index (χ3n) is 5.89. The molecule has 0 spiro atoms. The van der Waals surface area contributed by atoms with Gasteiger partial charge in [0.05, 0.1) is 17.8 Å². The van der Waals surface area contributed by atoms with Gasteiger partial charge in [-0.3, -0.25) is 19.4 Å². The number of likely N-dealkylation sites (tertiary alicyclic amines) is 2. The zero-order valence-electron chi connectivity index (χ0n) is 16.2. The molecule has 2 atom stereocenters. The molecule has 7 nitrogen and oxygen atoms in total. The zero-order valence-corrected chi connectivity index (χ0v) is 16.2. The number of piperidine rings is 1. The second-order valence-electron chi connectivity index (χ2n) is 7.51. The van der Waals surface area contributed by atoms with Crippen molar-refractivity contribution < 1.29 is 9.53 Å². The first-order valence-electron chi connectivity index (χ1n) is 9.57. The Kier molecular flexibility index (Phi) is 4.97. The van der Waals surface area contributed by atoms with Gasteiger partial charge in [-0.15, -0.1) is 0 Å². The maximum atomic E-state index is 12.8. The van der Waals surface area contributed by atoms with Crippen molar-refractivity contribution in [3.05, 3.63) is 47.5 Å². The summed E-state index contributed by atoms with van der Waals surface area (Å²) in [4.78, 5) is 21.4. The highest BCUT2D eigenvalue weighted by atomic mass is 16.5. The molecule has 2 aromatic rings. The number of aromatic nitrogens is 3. The van der Waals surface area contributed by atoms with E-state index in [0.717, 1.165) is 38.2 Å². The molecule has 0 bridgehead atoms. The van der Waals surface area contributed by atoms with E-state index >= 15 is 0 Å². The number of nitrogens with zero attached hydrogens (tertiary/aromatic N) is 5. The summed E-state index contributed by atoms with van der Waals surface area (Å²) >= 11 is 0. The van der Waals surface area contributed by atoms with Gasteiger partial charge in [-0.25, -0.2) is 0 Å². The van der Waals surface area contributed by atoms with Crippen LogP contribution in [-0.4, -0.2) is 69.4 Å². The molecule has 2 aliphatic heterocycles. The molecule has 2 aliphatic rings. The van der Waals surface area contributed by atoms with Crippen LogP contribution in [0, 0.1) is 6.92 Å². The lowest BCUT2D eigenvalue weighted by Gasteiger charge is -2.53. The van der Waals surface area contributed by atoms with Crippen LogP contribution in [0.25, 0.3) is 0 Å². The Balaban J connectivity index is 1.40. The minimum atomic E-state index is 0.0839. The molecule has 0 saturated carbocycles. The normalized spacial score (nSPS) is 24.0. The number of rotatable bonds is 4. The highest BCUT2D eigenvalue weighted by Crippen LogP contribution is 2.39. The van der Waals surface area contributed by atoms with Crippen LogP contribution in [0.2, 0.25) is 0 Å². The summed E-state index contributed by atoms with van der Waals surface area (Å²) in [6.45, 7) is 4.43. The fraction of sp³-hybridized carbons (Fsp3) is 0.550. The molecule has 2 saturated heterocycles. The average molecular weight is 369 g/mol. The van der Waals surface area contributed by atoms with E-state index in [2.05, 4.69) is 27.1 Å². The largest absolute Gasteiger partial charge is 0.378 e. The average Bonchev–Trinajstić information content (AvgIpc) is 3.00. The zero-order chi connectivity index (χ0) is 19.0. The van der Waals surface area contributed by atoms with Gasteiger partial charge in [0.1, 0.15) is 5.69 Å². The van der Waals surface area contributed by atoms with Gasteiger partial charge >= 0.3 is 0 Å². The molecule has 0 radical (unpaired) electrons. The summed E-state index contributed by atoms with van der Waals surface area (Å²) < 4.78 is 7.35. The van der Waals surface area contributed by atoms with Crippen molar-refractivity contribution in [2.24, 2.45) is 7.05 Å². The second-order valence-corrected chi connectivity index (χ2v) is 7.51. The van der Waals surface area contributed by atoms with Gasteiger partial charge in [-0.05, 0) is 43.5 Å².